The van der Waals surface area contributed by atoms with E-state index >= 15 is 0 Å². The zero-order valence-electron chi connectivity index (χ0n) is 11.4. The van der Waals surface area contributed by atoms with Gasteiger partial charge in [-0.1, -0.05) is 29.8 Å². The lowest BCUT2D eigenvalue weighted by atomic mass is 10.1. The van der Waals surface area contributed by atoms with Gasteiger partial charge in [0.25, 0.3) is 0 Å². The van der Waals surface area contributed by atoms with Crippen LogP contribution >= 0.6 is 11.5 Å². The summed E-state index contributed by atoms with van der Waals surface area (Å²) >= 11 is 1.41. The Morgan fingerprint density at radius 1 is 1.42 bits per heavy atom. The second kappa shape index (κ2) is 6.63. The highest BCUT2D eigenvalue weighted by molar-refractivity contribution is 7.09. The summed E-state index contributed by atoms with van der Waals surface area (Å²) < 4.78 is 4.38. The first-order valence-corrected chi connectivity index (χ1v) is 7.28. The van der Waals surface area contributed by atoms with Crippen LogP contribution in [-0.2, 0) is 6.42 Å². The summed E-state index contributed by atoms with van der Waals surface area (Å²) in [5.41, 5.74) is 8.22. The van der Waals surface area contributed by atoms with Crippen molar-refractivity contribution >= 4 is 16.7 Å². The van der Waals surface area contributed by atoms with Crippen molar-refractivity contribution < 1.29 is 0 Å². The van der Waals surface area contributed by atoms with E-state index in [0.29, 0.717) is 0 Å². The number of nitrogens with zero attached hydrogens (tertiary/aromatic N) is 2. The van der Waals surface area contributed by atoms with Gasteiger partial charge in [0.2, 0.25) is 5.13 Å². The Morgan fingerprint density at radius 3 is 3.00 bits per heavy atom. The normalized spacial score (nSPS) is 12.4. The van der Waals surface area contributed by atoms with E-state index < -0.39 is 0 Å². The maximum absolute atomic E-state index is 5.71. The average Bonchev–Trinajstić information content (AvgIpc) is 2.76. The second-order valence-corrected chi connectivity index (χ2v) is 5.63. The Kier molecular flexibility index (Phi) is 4.87. The number of aryl methyl sites for hydroxylation is 1. The smallest absolute Gasteiger partial charge is 0.202 e. The molecule has 0 saturated carbocycles. The predicted molar refractivity (Wildman–Crippen MR) is 80.7 cm³/mol. The van der Waals surface area contributed by atoms with Crippen LogP contribution in [0.3, 0.4) is 0 Å². The molecule has 4 nitrogen and oxygen atoms in total. The summed E-state index contributed by atoms with van der Waals surface area (Å²) in [6.45, 7) is 4.95. The van der Waals surface area contributed by atoms with Crippen LogP contribution in [0.2, 0.25) is 0 Å². The van der Waals surface area contributed by atoms with Crippen LogP contribution in [0.15, 0.2) is 24.3 Å². The van der Waals surface area contributed by atoms with E-state index in [9.17, 15) is 0 Å². The van der Waals surface area contributed by atoms with Crippen molar-refractivity contribution in [3.8, 4) is 0 Å². The monoisotopic (exact) mass is 276 g/mol. The third-order valence-electron chi connectivity index (χ3n) is 2.79. The fourth-order valence-corrected chi connectivity index (χ4v) is 2.42. The van der Waals surface area contributed by atoms with Crippen molar-refractivity contribution in [3.63, 3.8) is 0 Å². The standard InChI is InChI=1S/C14H20N4S/c1-10-4-3-5-12(8-10)9-13-17-14(19-18-13)16-7-6-11(2)15/h3-5,8,11H,6-7,9,15H2,1-2H3,(H,16,17,18). The van der Waals surface area contributed by atoms with Gasteiger partial charge in [-0.15, -0.1) is 0 Å². The molecular weight excluding hydrogens is 256 g/mol. The van der Waals surface area contributed by atoms with Gasteiger partial charge in [-0.25, -0.2) is 4.98 Å². The molecule has 0 fully saturated rings. The quantitative estimate of drug-likeness (QED) is 0.851. The van der Waals surface area contributed by atoms with Gasteiger partial charge in [-0.05, 0) is 25.8 Å². The minimum absolute atomic E-state index is 0.215. The number of hydrogen-bond acceptors (Lipinski definition) is 5. The molecule has 102 valence electrons. The summed E-state index contributed by atoms with van der Waals surface area (Å²) in [7, 11) is 0. The van der Waals surface area contributed by atoms with Crippen molar-refractivity contribution in [1.82, 2.24) is 9.36 Å². The molecule has 3 N–H and O–H groups in total. The molecule has 19 heavy (non-hydrogen) atoms. The molecule has 1 heterocycles. The van der Waals surface area contributed by atoms with E-state index in [-0.39, 0.29) is 6.04 Å². The number of nitrogens with one attached hydrogen (secondary N) is 1. The van der Waals surface area contributed by atoms with Crippen molar-refractivity contribution in [2.45, 2.75) is 32.7 Å². The summed E-state index contributed by atoms with van der Waals surface area (Å²) in [6.07, 6.45) is 1.72. The number of nitrogens with two attached hydrogens (primary N) is 1. The summed E-state index contributed by atoms with van der Waals surface area (Å²) in [6, 6.07) is 8.66. The van der Waals surface area contributed by atoms with E-state index in [0.717, 1.165) is 30.3 Å². The summed E-state index contributed by atoms with van der Waals surface area (Å²) in [4.78, 5) is 4.49. The molecule has 1 atom stereocenters. The maximum atomic E-state index is 5.71. The topological polar surface area (TPSA) is 63.8 Å². The van der Waals surface area contributed by atoms with Crippen LogP contribution in [-0.4, -0.2) is 21.9 Å². The first-order valence-electron chi connectivity index (χ1n) is 6.51. The van der Waals surface area contributed by atoms with Gasteiger partial charge in [0.15, 0.2) is 0 Å². The van der Waals surface area contributed by atoms with E-state index in [4.69, 9.17) is 5.73 Å². The number of benzene rings is 1. The van der Waals surface area contributed by atoms with E-state index in [1.54, 1.807) is 0 Å². The van der Waals surface area contributed by atoms with Crippen molar-refractivity contribution in [2.24, 2.45) is 5.73 Å². The van der Waals surface area contributed by atoms with E-state index in [1.165, 1.54) is 22.7 Å². The Morgan fingerprint density at radius 2 is 2.26 bits per heavy atom. The Hall–Kier alpha value is -1.46. The van der Waals surface area contributed by atoms with Gasteiger partial charge in [0, 0.05) is 30.5 Å². The predicted octanol–water partition coefficient (Wildman–Crippen LogP) is 2.59. The maximum Gasteiger partial charge on any atom is 0.202 e. The SMILES string of the molecule is Cc1cccc(Cc2nsc(NCCC(C)N)n2)c1. The number of anilines is 1. The highest BCUT2D eigenvalue weighted by Crippen LogP contribution is 2.15. The molecular formula is C14H20N4S. The summed E-state index contributed by atoms with van der Waals surface area (Å²) in [5, 5.41) is 4.14. The minimum atomic E-state index is 0.215. The molecule has 2 aromatic rings. The van der Waals surface area contributed by atoms with Gasteiger partial charge in [-0.3, -0.25) is 0 Å². The summed E-state index contributed by atoms with van der Waals surface area (Å²) in [5.74, 6) is 0.874. The Labute approximate surface area is 118 Å². The lowest BCUT2D eigenvalue weighted by Crippen LogP contribution is -2.19. The van der Waals surface area contributed by atoms with E-state index in [1.807, 2.05) is 6.92 Å². The van der Waals surface area contributed by atoms with Crippen molar-refractivity contribution in [2.75, 3.05) is 11.9 Å². The molecule has 1 aromatic carbocycles. The Bertz CT molecular complexity index is 522. The van der Waals surface area contributed by atoms with Gasteiger partial charge in [0.1, 0.15) is 5.82 Å². The molecule has 0 spiro atoms. The minimum Gasteiger partial charge on any atom is -0.360 e. The molecule has 1 aromatic heterocycles. The van der Waals surface area contributed by atoms with Crippen LogP contribution in [0.4, 0.5) is 5.13 Å². The third kappa shape index (κ3) is 4.61. The van der Waals surface area contributed by atoms with Crippen LogP contribution in [0.1, 0.15) is 30.3 Å². The molecule has 0 aliphatic carbocycles. The molecule has 0 aliphatic heterocycles. The second-order valence-electron chi connectivity index (χ2n) is 4.87. The van der Waals surface area contributed by atoms with Gasteiger partial charge >= 0.3 is 0 Å². The third-order valence-corrected chi connectivity index (χ3v) is 3.50. The highest BCUT2D eigenvalue weighted by atomic mass is 32.1. The fourth-order valence-electron chi connectivity index (χ4n) is 1.81. The first kappa shape index (κ1) is 14.0. The Balaban J connectivity index is 1.90. The average molecular weight is 276 g/mol. The van der Waals surface area contributed by atoms with Crippen LogP contribution in [0.25, 0.3) is 0 Å². The van der Waals surface area contributed by atoms with E-state index in [2.05, 4.69) is 45.9 Å². The molecule has 0 bridgehead atoms. The number of aromatic nitrogens is 2. The fraction of sp³-hybridized carbons (Fsp3) is 0.429. The van der Waals surface area contributed by atoms with Crippen LogP contribution in [0, 0.1) is 6.92 Å². The van der Waals surface area contributed by atoms with Gasteiger partial charge in [-0.2, -0.15) is 4.37 Å². The lowest BCUT2D eigenvalue weighted by molar-refractivity contribution is 0.690. The zero-order valence-corrected chi connectivity index (χ0v) is 12.2. The molecule has 1 unspecified atom stereocenters. The number of rotatable bonds is 6. The van der Waals surface area contributed by atoms with Crippen LogP contribution in [0.5, 0.6) is 0 Å². The number of hydrogen-bond donors (Lipinski definition) is 2. The van der Waals surface area contributed by atoms with Gasteiger partial charge < -0.3 is 11.1 Å². The molecule has 0 saturated heterocycles. The molecule has 0 aliphatic rings. The van der Waals surface area contributed by atoms with Crippen molar-refractivity contribution in [3.05, 3.63) is 41.2 Å². The van der Waals surface area contributed by atoms with Crippen molar-refractivity contribution in [1.29, 1.82) is 0 Å². The highest BCUT2D eigenvalue weighted by Gasteiger charge is 2.05. The first-order chi connectivity index (χ1) is 9.13. The lowest BCUT2D eigenvalue weighted by Gasteiger charge is -2.04. The molecule has 0 amide bonds. The van der Waals surface area contributed by atoms with Gasteiger partial charge in [0.05, 0.1) is 0 Å². The zero-order chi connectivity index (χ0) is 13.7. The molecule has 0 radical (unpaired) electrons. The largest absolute Gasteiger partial charge is 0.360 e. The van der Waals surface area contributed by atoms with Crippen LogP contribution < -0.4 is 11.1 Å². The molecule has 5 heteroatoms. The molecule has 2 rings (SSSR count).